The first-order chi connectivity index (χ1) is 8.93. The molecule has 0 aliphatic heterocycles. The molecule has 0 bridgehead atoms. The van der Waals surface area contributed by atoms with E-state index in [2.05, 4.69) is 15.9 Å². The fourth-order valence-electron chi connectivity index (χ4n) is 1.57. The molecule has 0 aliphatic rings. The number of hydrogen-bond donors (Lipinski definition) is 1. The fraction of sp³-hybridized carbons (Fsp3) is 0.385. The molecule has 0 saturated heterocycles. The van der Waals surface area contributed by atoms with E-state index in [0.29, 0.717) is 5.75 Å². The minimum absolute atomic E-state index is 0.0577. The molecular formula is C13H16BrNO4. The molecule has 1 aromatic rings. The highest BCUT2D eigenvalue weighted by atomic mass is 79.9. The van der Waals surface area contributed by atoms with E-state index in [1.807, 2.05) is 12.1 Å². The maximum atomic E-state index is 12.0. The lowest BCUT2D eigenvalue weighted by atomic mass is 10.1. The highest BCUT2D eigenvalue weighted by molar-refractivity contribution is 9.10. The lowest BCUT2D eigenvalue weighted by Gasteiger charge is -2.17. The van der Waals surface area contributed by atoms with Gasteiger partial charge in [-0.25, -0.2) is 0 Å². The maximum absolute atomic E-state index is 12.0. The molecule has 104 valence electrons. The molecule has 1 amide bonds. The number of carbonyl (C=O) groups is 2. The Labute approximate surface area is 120 Å². The first kappa shape index (κ1) is 15.5. The van der Waals surface area contributed by atoms with Crippen molar-refractivity contribution in [2.24, 2.45) is 0 Å². The van der Waals surface area contributed by atoms with Gasteiger partial charge in [0.25, 0.3) is 0 Å². The van der Waals surface area contributed by atoms with E-state index in [1.165, 1.54) is 4.90 Å². The van der Waals surface area contributed by atoms with E-state index in [-0.39, 0.29) is 25.3 Å². The van der Waals surface area contributed by atoms with Crippen molar-refractivity contribution in [2.75, 3.05) is 20.7 Å². The zero-order valence-electron chi connectivity index (χ0n) is 10.9. The molecule has 6 heteroatoms. The van der Waals surface area contributed by atoms with Crippen LogP contribution in [0.1, 0.15) is 12.0 Å². The Hall–Kier alpha value is -1.56. The van der Waals surface area contributed by atoms with Crippen LogP contribution in [0, 0.1) is 0 Å². The van der Waals surface area contributed by atoms with Crippen LogP contribution in [0.3, 0.4) is 0 Å². The van der Waals surface area contributed by atoms with Crippen molar-refractivity contribution in [3.63, 3.8) is 0 Å². The summed E-state index contributed by atoms with van der Waals surface area (Å²) < 4.78 is 6.06. The standard InChI is InChI=1S/C13H16BrNO4/c1-15(6-5-13(17)18)12(16)8-9-7-10(14)3-4-11(9)19-2/h3-4,7H,5-6,8H2,1-2H3,(H,17,18). The third-order valence-corrected chi connectivity index (χ3v) is 3.16. The molecule has 1 N–H and O–H groups in total. The normalized spacial score (nSPS) is 10.1. The Bertz CT molecular complexity index is 476. The molecule has 0 fully saturated rings. The summed E-state index contributed by atoms with van der Waals surface area (Å²) in [4.78, 5) is 23.8. The molecule has 5 nitrogen and oxygen atoms in total. The zero-order chi connectivity index (χ0) is 14.4. The molecule has 1 aromatic carbocycles. The summed E-state index contributed by atoms with van der Waals surface area (Å²) in [6, 6.07) is 5.44. The Balaban J connectivity index is 2.70. The van der Waals surface area contributed by atoms with Crippen molar-refractivity contribution in [1.82, 2.24) is 4.90 Å². The first-order valence-electron chi connectivity index (χ1n) is 5.72. The molecule has 1 rings (SSSR count). The summed E-state index contributed by atoms with van der Waals surface area (Å²) in [5.41, 5.74) is 0.768. The van der Waals surface area contributed by atoms with Crippen LogP contribution in [-0.4, -0.2) is 42.6 Å². The summed E-state index contributed by atoms with van der Waals surface area (Å²) in [7, 11) is 3.14. The smallest absolute Gasteiger partial charge is 0.305 e. The number of likely N-dealkylation sites (N-methyl/N-ethyl adjacent to an activating group) is 1. The van der Waals surface area contributed by atoms with Crippen molar-refractivity contribution < 1.29 is 19.4 Å². The van der Waals surface area contributed by atoms with Gasteiger partial charge in [0.2, 0.25) is 5.91 Å². The van der Waals surface area contributed by atoms with Crippen LogP contribution in [0.5, 0.6) is 5.75 Å². The Kier molecular flexibility index (Phi) is 5.82. The Morgan fingerprint density at radius 1 is 1.42 bits per heavy atom. The van der Waals surface area contributed by atoms with E-state index in [4.69, 9.17) is 9.84 Å². The quantitative estimate of drug-likeness (QED) is 0.866. The zero-order valence-corrected chi connectivity index (χ0v) is 12.4. The van der Waals surface area contributed by atoms with Gasteiger partial charge in [-0.05, 0) is 18.2 Å². The number of benzene rings is 1. The minimum atomic E-state index is -0.917. The second kappa shape index (κ2) is 7.13. The SMILES string of the molecule is COc1ccc(Br)cc1CC(=O)N(C)CCC(=O)O. The van der Waals surface area contributed by atoms with Crippen LogP contribution >= 0.6 is 15.9 Å². The van der Waals surface area contributed by atoms with Gasteiger partial charge in [-0.15, -0.1) is 0 Å². The van der Waals surface area contributed by atoms with Crippen LogP contribution in [-0.2, 0) is 16.0 Å². The Morgan fingerprint density at radius 3 is 2.68 bits per heavy atom. The minimum Gasteiger partial charge on any atom is -0.496 e. The number of nitrogens with zero attached hydrogens (tertiary/aromatic N) is 1. The molecule has 0 radical (unpaired) electrons. The van der Waals surface area contributed by atoms with Gasteiger partial charge in [0.05, 0.1) is 20.0 Å². The molecule has 0 saturated carbocycles. The van der Waals surface area contributed by atoms with Crippen molar-refractivity contribution in [2.45, 2.75) is 12.8 Å². The van der Waals surface area contributed by atoms with Crippen LogP contribution in [0.2, 0.25) is 0 Å². The molecule has 19 heavy (non-hydrogen) atoms. The highest BCUT2D eigenvalue weighted by Crippen LogP contribution is 2.23. The van der Waals surface area contributed by atoms with Crippen molar-refractivity contribution in [1.29, 1.82) is 0 Å². The lowest BCUT2D eigenvalue weighted by molar-refractivity contribution is -0.138. The van der Waals surface area contributed by atoms with Crippen LogP contribution in [0.4, 0.5) is 0 Å². The van der Waals surface area contributed by atoms with Gasteiger partial charge in [0, 0.05) is 23.6 Å². The second-order valence-electron chi connectivity index (χ2n) is 4.09. The van der Waals surface area contributed by atoms with E-state index in [1.54, 1.807) is 20.2 Å². The van der Waals surface area contributed by atoms with E-state index in [9.17, 15) is 9.59 Å². The molecule has 0 spiro atoms. The van der Waals surface area contributed by atoms with Crippen molar-refractivity contribution in [3.05, 3.63) is 28.2 Å². The van der Waals surface area contributed by atoms with Gasteiger partial charge >= 0.3 is 5.97 Å². The monoisotopic (exact) mass is 329 g/mol. The average Bonchev–Trinajstić information content (AvgIpc) is 2.36. The predicted octanol–water partition coefficient (Wildman–Crippen LogP) is 1.93. The number of hydrogen-bond acceptors (Lipinski definition) is 3. The number of carbonyl (C=O) groups excluding carboxylic acids is 1. The Morgan fingerprint density at radius 2 is 2.11 bits per heavy atom. The number of rotatable bonds is 6. The van der Waals surface area contributed by atoms with E-state index in [0.717, 1.165) is 10.0 Å². The van der Waals surface area contributed by atoms with Crippen LogP contribution < -0.4 is 4.74 Å². The van der Waals surface area contributed by atoms with Crippen molar-refractivity contribution >= 4 is 27.8 Å². The third kappa shape index (κ3) is 4.90. The summed E-state index contributed by atoms with van der Waals surface area (Å²) >= 11 is 3.34. The van der Waals surface area contributed by atoms with Gasteiger partial charge in [-0.1, -0.05) is 15.9 Å². The van der Waals surface area contributed by atoms with E-state index >= 15 is 0 Å². The molecule has 0 atom stereocenters. The van der Waals surface area contributed by atoms with Gasteiger partial charge in [-0.3, -0.25) is 9.59 Å². The average molecular weight is 330 g/mol. The summed E-state index contributed by atoms with van der Waals surface area (Å²) in [5, 5.41) is 8.59. The van der Waals surface area contributed by atoms with Gasteiger partial charge in [-0.2, -0.15) is 0 Å². The fourth-order valence-corrected chi connectivity index (χ4v) is 1.98. The number of carboxylic acids is 1. The number of methoxy groups -OCH3 is 1. The molecule has 0 aromatic heterocycles. The van der Waals surface area contributed by atoms with Gasteiger partial charge in [0.15, 0.2) is 0 Å². The summed E-state index contributed by atoms with van der Waals surface area (Å²) in [6.07, 6.45) is 0.122. The van der Waals surface area contributed by atoms with Gasteiger partial charge < -0.3 is 14.7 Å². The number of aliphatic carboxylic acids is 1. The van der Waals surface area contributed by atoms with Gasteiger partial charge in [0.1, 0.15) is 5.75 Å². The number of amides is 1. The second-order valence-corrected chi connectivity index (χ2v) is 5.01. The van der Waals surface area contributed by atoms with E-state index < -0.39 is 5.97 Å². The topological polar surface area (TPSA) is 66.8 Å². The number of carboxylic acid groups (broad SMARTS) is 1. The summed E-state index contributed by atoms with van der Waals surface area (Å²) in [6.45, 7) is 0.199. The highest BCUT2D eigenvalue weighted by Gasteiger charge is 2.14. The maximum Gasteiger partial charge on any atom is 0.305 e. The molecule has 0 heterocycles. The van der Waals surface area contributed by atoms with Crippen LogP contribution in [0.25, 0.3) is 0 Å². The first-order valence-corrected chi connectivity index (χ1v) is 6.51. The number of ether oxygens (including phenoxy) is 1. The molecule has 0 aliphatic carbocycles. The molecular weight excluding hydrogens is 314 g/mol. The van der Waals surface area contributed by atoms with Crippen molar-refractivity contribution in [3.8, 4) is 5.75 Å². The third-order valence-electron chi connectivity index (χ3n) is 2.67. The predicted molar refractivity (Wildman–Crippen MR) is 74.3 cm³/mol. The molecule has 0 unspecified atom stereocenters. The largest absolute Gasteiger partial charge is 0.496 e. The number of halogens is 1. The van der Waals surface area contributed by atoms with Crippen LogP contribution in [0.15, 0.2) is 22.7 Å². The lowest BCUT2D eigenvalue weighted by Crippen LogP contribution is -2.30. The summed E-state index contributed by atoms with van der Waals surface area (Å²) in [5.74, 6) is -0.416.